The average Bonchev–Trinajstić information content (AvgIpc) is 3.48. The van der Waals surface area contributed by atoms with Crippen molar-refractivity contribution in [2.45, 2.75) is 46.5 Å². The van der Waals surface area contributed by atoms with Gasteiger partial charge in [-0.25, -0.2) is 4.98 Å². The Morgan fingerprint density at radius 2 is 1.64 bits per heavy atom. The average molecular weight is 506 g/mol. The van der Waals surface area contributed by atoms with Gasteiger partial charge in [0.25, 0.3) is 0 Å². The maximum atomic E-state index is 5.14. The summed E-state index contributed by atoms with van der Waals surface area (Å²) in [5.41, 5.74) is 7.64. The molecule has 1 nitrogen and oxygen atoms in total. The number of fused-ring (bicyclic) bond motifs is 3. The van der Waals surface area contributed by atoms with Crippen LogP contribution in [0.5, 0.6) is 0 Å². The van der Waals surface area contributed by atoms with Crippen LogP contribution in [-0.2, 0) is 11.8 Å². The van der Waals surface area contributed by atoms with Crippen molar-refractivity contribution < 1.29 is 0 Å². The molecule has 3 aromatic carbocycles. The molecule has 3 heteroatoms. The second-order valence-corrected chi connectivity index (χ2v) is 13.1. The number of hydrogen-bond acceptors (Lipinski definition) is 3. The molecule has 0 N–H and O–H groups in total. The van der Waals surface area contributed by atoms with Crippen molar-refractivity contribution in [3.63, 3.8) is 0 Å². The Morgan fingerprint density at radius 1 is 0.806 bits per heavy atom. The van der Waals surface area contributed by atoms with Gasteiger partial charge in [-0.3, -0.25) is 0 Å². The van der Waals surface area contributed by atoms with E-state index in [0.717, 1.165) is 16.9 Å². The van der Waals surface area contributed by atoms with Crippen molar-refractivity contribution in [3.8, 4) is 22.4 Å². The van der Waals surface area contributed by atoms with Gasteiger partial charge in [0, 0.05) is 15.6 Å². The van der Waals surface area contributed by atoms with Gasteiger partial charge in [0.15, 0.2) is 0 Å². The summed E-state index contributed by atoms with van der Waals surface area (Å²) in [6.07, 6.45) is 1.13. The van der Waals surface area contributed by atoms with Gasteiger partial charge in [-0.05, 0) is 97.3 Å². The summed E-state index contributed by atoms with van der Waals surface area (Å²) in [4.78, 5) is 6.24. The first kappa shape index (κ1) is 23.4. The summed E-state index contributed by atoms with van der Waals surface area (Å²) in [6.45, 7) is 11.5. The molecule has 0 saturated heterocycles. The highest BCUT2D eigenvalue weighted by Crippen LogP contribution is 2.40. The van der Waals surface area contributed by atoms with Crippen LogP contribution < -0.4 is 0 Å². The topological polar surface area (TPSA) is 12.9 Å². The van der Waals surface area contributed by atoms with Crippen molar-refractivity contribution in [3.05, 3.63) is 88.6 Å². The predicted molar refractivity (Wildman–Crippen MR) is 161 cm³/mol. The molecule has 6 aromatic rings. The molecule has 0 unspecified atom stereocenters. The van der Waals surface area contributed by atoms with E-state index < -0.39 is 0 Å². The van der Waals surface area contributed by atoms with E-state index in [1.54, 1.807) is 11.3 Å². The van der Waals surface area contributed by atoms with Crippen molar-refractivity contribution in [2.24, 2.45) is 5.92 Å². The lowest BCUT2D eigenvalue weighted by atomic mass is 9.82. The van der Waals surface area contributed by atoms with Gasteiger partial charge in [-0.15, -0.1) is 22.7 Å². The molecule has 0 aliphatic heterocycles. The highest BCUT2D eigenvalue weighted by molar-refractivity contribution is 7.17. The summed E-state index contributed by atoms with van der Waals surface area (Å²) in [5.74, 6) is 0.663. The van der Waals surface area contributed by atoms with Gasteiger partial charge in [0.1, 0.15) is 4.83 Å². The molecule has 0 aliphatic rings. The maximum absolute atomic E-state index is 5.14. The molecule has 6 rings (SSSR count). The van der Waals surface area contributed by atoms with Crippen LogP contribution in [0.2, 0.25) is 0 Å². The highest BCUT2D eigenvalue weighted by atomic mass is 32.1. The minimum Gasteiger partial charge on any atom is -0.237 e. The monoisotopic (exact) mass is 505 g/mol. The van der Waals surface area contributed by atoms with Crippen LogP contribution in [0.1, 0.15) is 45.7 Å². The molecule has 36 heavy (non-hydrogen) atoms. The van der Waals surface area contributed by atoms with Crippen LogP contribution >= 0.6 is 22.7 Å². The minimum absolute atomic E-state index is 0.0450. The normalized spacial score (nSPS) is 12.4. The molecule has 0 bridgehead atoms. The number of benzene rings is 3. The molecule has 0 spiro atoms. The van der Waals surface area contributed by atoms with Gasteiger partial charge in [-0.1, -0.05) is 71.0 Å². The molecule has 0 saturated carbocycles. The Labute approximate surface area is 221 Å². The van der Waals surface area contributed by atoms with E-state index in [1.165, 1.54) is 54.1 Å². The van der Waals surface area contributed by atoms with Crippen LogP contribution in [-0.4, -0.2) is 4.98 Å². The molecule has 0 aliphatic carbocycles. The fourth-order valence-corrected chi connectivity index (χ4v) is 7.07. The first-order chi connectivity index (χ1) is 17.3. The van der Waals surface area contributed by atoms with Gasteiger partial charge in [-0.2, -0.15) is 0 Å². The molecule has 3 heterocycles. The van der Waals surface area contributed by atoms with Crippen LogP contribution in [0, 0.1) is 5.92 Å². The lowest BCUT2D eigenvalue weighted by Crippen LogP contribution is -2.12. The lowest BCUT2D eigenvalue weighted by Gasteiger charge is -2.23. The molecular weight excluding hydrogens is 475 g/mol. The van der Waals surface area contributed by atoms with Crippen molar-refractivity contribution >= 4 is 53.7 Å². The summed E-state index contributed by atoms with van der Waals surface area (Å²) in [7, 11) is 0. The largest absolute Gasteiger partial charge is 0.237 e. The fraction of sp³-hybridized carbons (Fsp3) is 0.242. The molecule has 0 amide bonds. The Bertz CT molecular complexity index is 1730. The van der Waals surface area contributed by atoms with Crippen molar-refractivity contribution in [1.29, 1.82) is 0 Å². The Morgan fingerprint density at radius 3 is 2.44 bits per heavy atom. The predicted octanol–water partition coefficient (Wildman–Crippen LogP) is 10.5. The molecule has 3 aromatic heterocycles. The Hall–Kier alpha value is -3.01. The number of pyridine rings is 1. The second kappa shape index (κ2) is 8.83. The molecule has 0 atom stereocenters. The highest BCUT2D eigenvalue weighted by Gasteiger charge is 2.20. The Balaban J connectivity index is 1.54. The summed E-state index contributed by atoms with van der Waals surface area (Å²) in [5, 5.41) is 9.74. The van der Waals surface area contributed by atoms with E-state index in [1.807, 2.05) is 11.3 Å². The third-order valence-electron chi connectivity index (χ3n) is 7.00. The maximum Gasteiger partial charge on any atom is 0.124 e. The molecular formula is C33H31NS2. The lowest BCUT2D eigenvalue weighted by molar-refractivity contribution is 0.596. The summed E-state index contributed by atoms with van der Waals surface area (Å²) < 4.78 is 1.37. The zero-order chi connectivity index (χ0) is 25.0. The number of hydrogen-bond donors (Lipinski definition) is 0. The second-order valence-electron chi connectivity index (χ2n) is 11.3. The van der Waals surface area contributed by atoms with Gasteiger partial charge < -0.3 is 0 Å². The molecule has 0 radical (unpaired) electrons. The third kappa shape index (κ3) is 4.15. The quantitative estimate of drug-likeness (QED) is 0.232. The van der Waals surface area contributed by atoms with E-state index >= 15 is 0 Å². The van der Waals surface area contributed by atoms with E-state index in [0.29, 0.717) is 5.92 Å². The third-order valence-corrected chi connectivity index (χ3v) is 8.80. The van der Waals surface area contributed by atoms with Crippen LogP contribution in [0.3, 0.4) is 0 Å². The smallest absolute Gasteiger partial charge is 0.124 e. The number of thiophene rings is 2. The molecule has 180 valence electrons. The first-order valence-electron chi connectivity index (χ1n) is 12.7. The summed E-state index contributed by atoms with van der Waals surface area (Å²) in [6, 6.07) is 24.9. The zero-order valence-electron chi connectivity index (χ0n) is 21.6. The van der Waals surface area contributed by atoms with Gasteiger partial charge >= 0.3 is 0 Å². The Kier molecular flexibility index (Phi) is 5.74. The number of nitrogens with zero attached hydrogens (tertiary/aromatic N) is 1. The minimum atomic E-state index is 0.0450. The van der Waals surface area contributed by atoms with E-state index in [2.05, 4.69) is 112 Å². The number of aromatic nitrogens is 1. The fourth-order valence-electron chi connectivity index (χ4n) is 5.26. The van der Waals surface area contributed by atoms with Crippen molar-refractivity contribution in [1.82, 2.24) is 4.98 Å². The van der Waals surface area contributed by atoms with Crippen LogP contribution in [0.25, 0.3) is 53.5 Å². The van der Waals surface area contributed by atoms with E-state index in [4.69, 9.17) is 4.98 Å². The molecule has 0 fully saturated rings. The van der Waals surface area contributed by atoms with Gasteiger partial charge in [0.05, 0.1) is 5.69 Å². The standard InChI is InChI=1S/C33H31NS2/c1-20(2)14-24-19-36-31-17-22(10-11-26(24)31)28-18-30(34-32-27(28)12-13-35-32)23-15-21-8-6-7-9-25(21)29(16-23)33(3,4)5/h6-13,15-20H,14H2,1-5H3. The van der Waals surface area contributed by atoms with Crippen molar-refractivity contribution in [2.75, 3.05) is 0 Å². The van der Waals surface area contributed by atoms with E-state index in [9.17, 15) is 0 Å². The van der Waals surface area contributed by atoms with Crippen LogP contribution in [0.4, 0.5) is 0 Å². The van der Waals surface area contributed by atoms with Crippen LogP contribution in [0.15, 0.2) is 77.5 Å². The summed E-state index contributed by atoms with van der Waals surface area (Å²) >= 11 is 3.59. The zero-order valence-corrected chi connectivity index (χ0v) is 23.2. The van der Waals surface area contributed by atoms with Gasteiger partial charge in [0.2, 0.25) is 0 Å². The first-order valence-corrected chi connectivity index (χ1v) is 14.5. The SMILES string of the molecule is CC(C)Cc1csc2cc(-c3cc(-c4cc(C(C)(C)C)c5ccccc5c4)nc4sccc34)ccc12. The van der Waals surface area contributed by atoms with E-state index in [-0.39, 0.29) is 5.41 Å². The number of rotatable bonds is 4.